The maximum Gasteiger partial charge on any atom is 0.337 e. The third-order valence-corrected chi connectivity index (χ3v) is 4.00. The summed E-state index contributed by atoms with van der Waals surface area (Å²) in [6, 6.07) is 8.21. The van der Waals surface area contributed by atoms with Gasteiger partial charge in [0.25, 0.3) is 0 Å². The lowest BCUT2D eigenvalue weighted by molar-refractivity contribution is 0.0696. The van der Waals surface area contributed by atoms with Gasteiger partial charge in [-0.25, -0.2) is 4.79 Å². The van der Waals surface area contributed by atoms with Crippen molar-refractivity contribution in [1.82, 2.24) is 4.57 Å². The highest BCUT2D eigenvalue weighted by molar-refractivity contribution is 5.89. The Labute approximate surface area is 112 Å². The number of carboxylic acid groups (broad SMARTS) is 1. The number of aryl methyl sites for hydroxylation is 3. The topological polar surface area (TPSA) is 42.2 Å². The summed E-state index contributed by atoms with van der Waals surface area (Å²) < 4.78 is 2.03. The molecule has 0 atom stereocenters. The summed E-state index contributed by atoms with van der Waals surface area (Å²) in [6.07, 6.45) is 3.52. The van der Waals surface area contributed by atoms with E-state index in [0.29, 0.717) is 5.56 Å². The Hall–Kier alpha value is -2.03. The molecule has 0 bridgehead atoms. The minimum Gasteiger partial charge on any atom is -0.478 e. The third kappa shape index (κ3) is 1.86. The number of hydrogen-bond acceptors (Lipinski definition) is 1. The number of fused-ring (bicyclic) bond motifs is 1. The molecule has 0 unspecified atom stereocenters. The normalized spacial score (nSPS) is 13.6. The van der Waals surface area contributed by atoms with Crippen molar-refractivity contribution in [3.63, 3.8) is 0 Å². The zero-order chi connectivity index (χ0) is 13.6. The molecular formula is C16H17NO2. The smallest absolute Gasteiger partial charge is 0.337 e. The largest absolute Gasteiger partial charge is 0.478 e. The van der Waals surface area contributed by atoms with Gasteiger partial charge >= 0.3 is 5.97 Å². The van der Waals surface area contributed by atoms with E-state index in [-0.39, 0.29) is 0 Å². The molecule has 98 valence electrons. The molecule has 3 heteroatoms. The van der Waals surface area contributed by atoms with E-state index < -0.39 is 5.97 Å². The average molecular weight is 255 g/mol. The van der Waals surface area contributed by atoms with Crippen LogP contribution < -0.4 is 0 Å². The van der Waals surface area contributed by atoms with Crippen molar-refractivity contribution >= 4 is 5.97 Å². The summed E-state index contributed by atoms with van der Waals surface area (Å²) >= 11 is 0. The van der Waals surface area contributed by atoms with E-state index in [1.807, 2.05) is 18.4 Å². The Balaban J connectivity index is 2.14. The first-order chi connectivity index (χ1) is 9.08. The Morgan fingerprint density at radius 1 is 1.16 bits per heavy atom. The lowest BCUT2D eigenvalue weighted by Crippen LogP contribution is -2.03. The lowest BCUT2D eigenvalue weighted by atomic mass is 10.1. The van der Waals surface area contributed by atoms with E-state index in [1.165, 1.54) is 24.0 Å². The molecule has 1 aromatic heterocycles. The highest BCUT2D eigenvalue weighted by Crippen LogP contribution is 2.27. The van der Waals surface area contributed by atoms with Crippen LogP contribution in [0.5, 0.6) is 0 Å². The molecule has 1 N–H and O–H groups in total. The number of hydrogen-bond donors (Lipinski definition) is 1. The van der Waals surface area contributed by atoms with Gasteiger partial charge in [-0.15, -0.1) is 0 Å². The van der Waals surface area contributed by atoms with Crippen LogP contribution >= 0.6 is 0 Å². The fourth-order valence-electron chi connectivity index (χ4n) is 3.07. The first-order valence-electron chi connectivity index (χ1n) is 6.62. The maximum atomic E-state index is 11.2. The minimum atomic E-state index is -0.861. The average Bonchev–Trinajstić information content (AvgIpc) is 2.93. The SMILES string of the molecule is Cc1cc(C(=O)O)c(C)n1-c1ccc2c(c1)CCC2. The highest BCUT2D eigenvalue weighted by Gasteiger charge is 2.17. The molecule has 0 spiro atoms. The molecule has 1 aliphatic rings. The van der Waals surface area contributed by atoms with E-state index in [1.54, 1.807) is 6.07 Å². The number of carboxylic acids is 1. The van der Waals surface area contributed by atoms with Gasteiger partial charge in [0.15, 0.2) is 0 Å². The summed E-state index contributed by atoms with van der Waals surface area (Å²) in [5.41, 5.74) is 6.06. The fourth-order valence-corrected chi connectivity index (χ4v) is 3.07. The lowest BCUT2D eigenvalue weighted by Gasteiger charge is -2.11. The summed E-state index contributed by atoms with van der Waals surface area (Å²) in [4.78, 5) is 11.2. The van der Waals surface area contributed by atoms with Crippen LogP contribution in [0.15, 0.2) is 24.3 Å². The maximum absolute atomic E-state index is 11.2. The Morgan fingerprint density at radius 2 is 1.89 bits per heavy atom. The van der Waals surface area contributed by atoms with Crippen LogP contribution in [0.3, 0.4) is 0 Å². The van der Waals surface area contributed by atoms with Crippen molar-refractivity contribution in [2.75, 3.05) is 0 Å². The van der Waals surface area contributed by atoms with Crippen LogP contribution in [0.25, 0.3) is 5.69 Å². The molecule has 0 saturated heterocycles. The number of benzene rings is 1. The molecule has 0 aliphatic heterocycles. The van der Waals surface area contributed by atoms with Crippen molar-refractivity contribution in [3.8, 4) is 5.69 Å². The number of rotatable bonds is 2. The van der Waals surface area contributed by atoms with Crippen molar-refractivity contribution in [2.24, 2.45) is 0 Å². The molecule has 0 saturated carbocycles. The van der Waals surface area contributed by atoms with E-state index in [2.05, 4.69) is 18.2 Å². The minimum absolute atomic E-state index is 0.387. The molecule has 1 aliphatic carbocycles. The van der Waals surface area contributed by atoms with Crippen molar-refractivity contribution in [2.45, 2.75) is 33.1 Å². The van der Waals surface area contributed by atoms with Gasteiger partial charge in [0, 0.05) is 17.1 Å². The van der Waals surface area contributed by atoms with Gasteiger partial charge in [0.2, 0.25) is 0 Å². The number of aromatic carboxylic acids is 1. The summed E-state index contributed by atoms with van der Waals surface area (Å²) in [5, 5.41) is 9.19. The van der Waals surface area contributed by atoms with Gasteiger partial charge < -0.3 is 9.67 Å². The van der Waals surface area contributed by atoms with Gasteiger partial charge in [-0.2, -0.15) is 0 Å². The van der Waals surface area contributed by atoms with Gasteiger partial charge in [0.1, 0.15) is 0 Å². The second kappa shape index (κ2) is 4.26. The summed E-state index contributed by atoms with van der Waals surface area (Å²) in [5.74, 6) is -0.861. The number of aromatic nitrogens is 1. The van der Waals surface area contributed by atoms with Crippen LogP contribution in [0.1, 0.15) is 39.3 Å². The van der Waals surface area contributed by atoms with E-state index in [9.17, 15) is 9.90 Å². The van der Waals surface area contributed by atoms with Gasteiger partial charge in [0.05, 0.1) is 5.56 Å². The van der Waals surface area contributed by atoms with Crippen LogP contribution in [-0.2, 0) is 12.8 Å². The van der Waals surface area contributed by atoms with Crippen LogP contribution in [0, 0.1) is 13.8 Å². The summed E-state index contributed by atoms with van der Waals surface area (Å²) in [6.45, 7) is 3.82. The van der Waals surface area contributed by atoms with Crippen molar-refractivity contribution < 1.29 is 9.90 Å². The summed E-state index contributed by atoms with van der Waals surface area (Å²) in [7, 11) is 0. The standard InChI is InChI=1S/C16H17NO2/c1-10-8-15(16(18)19)11(2)17(10)14-7-6-12-4-3-5-13(12)9-14/h6-9H,3-5H2,1-2H3,(H,18,19). The Morgan fingerprint density at radius 3 is 2.58 bits per heavy atom. The van der Waals surface area contributed by atoms with Gasteiger partial charge in [-0.05, 0) is 62.4 Å². The van der Waals surface area contributed by atoms with Crippen LogP contribution in [0.4, 0.5) is 0 Å². The molecule has 1 aromatic carbocycles. The molecule has 3 rings (SSSR count). The molecular weight excluding hydrogens is 238 g/mol. The van der Waals surface area contributed by atoms with Crippen LogP contribution in [-0.4, -0.2) is 15.6 Å². The monoisotopic (exact) mass is 255 g/mol. The Bertz CT molecular complexity index is 668. The quantitative estimate of drug-likeness (QED) is 0.894. The molecule has 0 amide bonds. The number of carbonyl (C=O) groups is 1. The van der Waals surface area contributed by atoms with Crippen LogP contribution in [0.2, 0.25) is 0 Å². The zero-order valence-electron chi connectivity index (χ0n) is 11.2. The van der Waals surface area contributed by atoms with E-state index in [0.717, 1.165) is 23.5 Å². The molecule has 19 heavy (non-hydrogen) atoms. The molecule has 0 radical (unpaired) electrons. The molecule has 3 nitrogen and oxygen atoms in total. The third-order valence-electron chi connectivity index (χ3n) is 4.00. The molecule has 0 fully saturated rings. The first kappa shape index (κ1) is 12.0. The molecule has 2 aromatic rings. The fraction of sp³-hybridized carbons (Fsp3) is 0.312. The zero-order valence-corrected chi connectivity index (χ0v) is 11.2. The predicted octanol–water partition coefficient (Wildman–Crippen LogP) is 3.28. The number of nitrogens with zero attached hydrogens (tertiary/aromatic N) is 1. The molecule has 1 heterocycles. The van der Waals surface area contributed by atoms with Gasteiger partial charge in [-0.1, -0.05) is 6.07 Å². The predicted molar refractivity (Wildman–Crippen MR) is 74.2 cm³/mol. The van der Waals surface area contributed by atoms with Gasteiger partial charge in [-0.3, -0.25) is 0 Å². The second-order valence-corrected chi connectivity index (χ2v) is 5.23. The second-order valence-electron chi connectivity index (χ2n) is 5.23. The first-order valence-corrected chi connectivity index (χ1v) is 6.62. The van der Waals surface area contributed by atoms with E-state index >= 15 is 0 Å². The Kier molecular flexibility index (Phi) is 2.70. The van der Waals surface area contributed by atoms with Crippen molar-refractivity contribution in [1.29, 1.82) is 0 Å². The van der Waals surface area contributed by atoms with E-state index in [4.69, 9.17) is 0 Å². The van der Waals surface area contributed by atoms with Crippen molar-refractivity contribution in [3.05, 3.63) is 52.3 Å². The highest BCUT2D eigenvalue weighted by atomic mass is 16.4.